The second kappa shape index (κ2) is 9.32. The molecule has 1 amide bonds. The fourth-order valence-electron chi connectivity index (χ4n) is 5.24. The molecule has 0 unspecified atom stereocenters. The Morgan fingerprint density at radius 2 is 2.05 bits per heavy atom. The molecule has 1 saturated heterocycles. The number of rotatable bonds is 4. The van der Waals surface area contributed by atoms with Gasteiger partial charge < -0.3 is 25.0 Å². The Balaban J connectivity index is 1.43. The Kier molecular flexibility index (Phi) is 5.84. The van der Waals surface area contributed by atoms with E-state index in [-0.39, 0.29) is 18.6 Å². The van der Waals surface area contributed by atoms with Gasteiger partial charge in [-0.1, -0.05) is 6.07 Å². The third-order valence-electron chi connectivity index (χ3n) is 7.13. The molecule has 2 aliphatic rings. The van der Waals surface area contributed by atoms with Gasteiger partial charge in [-0.05, 0) is 48.6 Å². The van der Waals surface area contributed by atoms with Gasteiger partial charge >= 0.3 is 6.09 Å². The van der Waals surface area contributed by atoms with Gasteiger partial charge in [0, 0.05) is 55.7 Å². The molecule has 0 spiro atoms. The molecular weight excluding hydrogens is 479 g/mol. The summed E-state index contributed by atoms with van der Waals surface area (Å²) in [4.78, 5) is 32.9. The van der Waals surface area contributed by atoms with E-state index in [1.807, 2.05) is 6.07 Å². The van der Waals surface area contributed by atoms with Crippen molar-refractivity contribution in [2.75, 3.05) is 25.1 Å². The largest absolute Gasteiger partial charge is 0.465 e. The molecule has 0 saturated carbocycles. The molecule has 3 aromatic heterocycles. The SMILES string of the molecule is O=C(O)N1CCc2c(ccc(F)c2-c2cc(Nc3cc(C4CCOCC4)[nH]n3)c3c(=O)[nH]ccc3n2)C1. The molecule has 0 bridgehead atoms. The van der Waals surface area contributed by atoms with Gasteiger partial charge in [-0.25, -0.2) is 14.2 Å². The molecule has 10 nitrogen and oxygen atoms in total. The number of anilines is 2. The number of pyridine rings is 2. The van der Waals surface area contributed by atoms with E-state index in [1.54, 1.807) is 18.2 Å². The van der Waals surface area contributed by atoms with Crippen LogP contribution in [0.1, 0.15) is 35.6 Å². The van der Waals surface area contributed by atoms with Crippen LogP contribution in [0.5, 0.6) is 0 Å². The van der Waals surface area contributed by atoms with Crippen molar-refractivity contribution in [3.8, 4) is 11.3 Å². The van der Waals surface area contributed by atoms with Crippen LogP contribution in [0.4, 0.5) is 20.7 Å². The van der Waals surface area contributed by atoms with Gasteiger partial charge in [-0.15, -0.1) is 0 Å². The van der Waals surface area contributed by atoms with E-state index in [4.69, 9.17) is 4.74 Å². The summed E-state index contributed by atoms with van der Waals surface area (Å²) in [7, 11) is 0. The van der Waals surface area contributed by atoms with E-state index in [2.05, 4.69) is 25.5 Å². The summed E-state index contributed by atoms with van der Waals surface area (Å²) < 4.78 is 20.7. The van der Waals surface area contributed by atoms with Crippen molar-refractivity contribution >= 4 is 28.5 Å². The fraction of sp³-hybridized carbons (Fsp3) is 0.308. The van der Waals surface area contributed by atoms with Crippen LogP contribution >= 0.6 is 0 Å². The van der Waals surface area contributed by atoms with E-state index in [1.165, 1.54) is 17.2 Å². The van der Waals surface area contributed by atoms with Crippen molar-refractivity contribution in [3.05, 3.63) is 69.5 Å². The van der Waals surface area contributed by atoms with Crippen molar-refractivity contribution in [1.82, 2.24) is 25.1 Å². The predicted octanol–water partition coefficient (Wildman–Crippen LogP) is 4.13. The first-order chi connectivity index (χ1) is 18.0. The number of aromatic amines is 2. The zero-order valence-corrected chi connectivity index (χ0v) is 19.9. The molecule has 0 radical (unpaired) electrons. The van der Waals surface area contributed by atoms with Gasteiger partial charge in [0.15, 0.2) is 5.82 Å². The molecule has 37 heavy (non-hydrogen) atoms. The summed E-state index contributed by atoms with van der Waals surface area (Å²) >= 11 is 0. The lowest BCUT2D eigenvalue weighted by atomic mass is 9.92. The highest BCUT2D eigenvalue weighted by Gasteiger charge is 2.26. The van der Waals surface area contributed by atoms with E-state index >= 15 is 4.39 Å². The fourth-order valence-corrected chi connectivity index (χ4v) is 5.24. The molecule has 2 aliphatic heterocycles. The summed E-state index contributed by atoms with van der Waals surface area (Å²) in [6.07, 6.45) is 2.67. The lowest BCUT2D eigenvalue weighted by molar-refractivity contribution is 0.0845. The Hall–Kier alpha value is -4.25. The minimum absolute atomic E-state index is 0.179. The van der Waals surface area contributed by atoms with Crippen molar-refractivity contribution in [2.24, 2.45) is 0 Å². The van der Waals surface area contributed by atoms with E-state index < -0.39 is 11.9 Å². The van der Waals surface area contributed by atoms with Crippen LogP contribution in [-0.2, 0) is 17.7 Å². The van der Waals surface area contributed by atoms with Crippen LogP contribution in [0, 0.1) is 5.82 Å². The highest BCUT2D eigenvalue weighted by atomic mass is 19.1. The second-order valence-electron chi connectivity index (χ2n) is 9.36. The van der Waals surface area contributed by atoms with Crippen molar-refractivity contribution in [1.29, 1.82) is 0 Å². The third-order valence-corrected chi connectivity index (χ3v) is 7.13. The first kappa shape index (κ1) is 23.2. The smallest absolute Gasteiger partial charge is 0.407 e. The highest BCUT2D eigenvalue weighted by Crippen LogP contribution is 2.36. The Morgan fingerprint density at radius 3 is 2.86 bits per heavy atom. The number of H-pyrrole nitrogens is 2. The first-order valence-electron chi connectivity index (χ1n) is 12.2. The number of nitrogens with zero attached hydrogens (tertiary/aromatic N) is 3. The zero-order valence-electron chi connectivity index (χ0n) is 19.9. The molecule has 5 heterocycles. The Bertz CT molecular complexity index is 1560. The lowest BCUT2D eigenvalue weighted by Gasteiger charge is -2.28. The number of amides is 1. The number of nitrogens with one attached hydrogen (secondary N) is 3. The number of carbonyl (C=O) groups is 1. The predicted molar refractivity (Wildman–Crippen MR) is 135 cm³/mol. The van der Waals surface area contributed by atoms with E-state index in [0.29, 0.717) is 59.2 Å². The molecule has 4 aromatic rings. The monoisotopic (exact) mass is 504 g/mol. The molecule has 4 N–H and O–H groups in total. The second-order valence-corrected chi connectivity index (χ2v) is 9.36. The number of aromatic nitrogens is 4. The number of hydrogen-bond acceptors (Lipinski definition) is 6. The molecule has 190 valence electrons. The Morgan fingerprint density at radius 1 is 1.22 bits per heavy atom. The van der Waals surface area contributed by atoms with Gasteiger partial charge in [-0.3, -0.25) is 9.89 Å². The topological polar surface area (TPSA) is 136 Å². The number of fused-ring (bicyclic) bond motifs is 2. The van der Waals surface area contributed by atoms with Crippen LogP contribution in [-0.4, -0.2) is 56.0 Å². The standard InChI is InChI=1S/C26H25FN6O4/c27-17-2-1-15-13-33(26(35)36)8-4-16(15)23(17)20-11-21(24-18(29-20)3-7-28-25(24)34)30-22-12-19(31-32-22)14-5-9-37-10-6-14/h1-3,7,11-12,14H,4-6,8-10,13H2,(H,28,34)(H,35,36)(H2,29,30,31,32). The van der Waals surface area contributed by atoms with Gasteiger partial charge in [-0.2, -0.15) is 5.10 Å². The maximum absolute atomic E-state index is 15.3. The minimum Gasteiger partial charge on any atom is -0.465 e. The first-order valence-corrected chi connectivity index (χ1v) is 12.2. The number of carboxylic acid groups (broad SMARTS) is 1. The minimum atomic E-state index is -1.01. The molecule has 0 atom stereocenters. The van der Waals surface area contributed by atoms with Gasteiger partial charge in [0.05, 0.1) is 22.3 Å². The summed E-state index contributed by atoms with van der Waals surface area (Å²) in [5, 5.41) is 20.4. The molecule has 0 aliphatic carbocycles. The van der Waals surface area contributed by atoms with Crippen molar-refractivity contribution in [3.63, 3.8) is 0 Å². The maximum Gasteiger partial charge on any atom is 0.407 e. The molecule has 6 rings (SSSR count). The molecule has 1 fully saturated rings. The number of benzene rings is 1. The van der Waals surface area contributed by atoms with Crippen molar-refractivity contribution < 1.29 is 19.0 Å². The number of halogens is 1. The van der Waals surface area contributed by atoms with Gasteiger partial charge in [0.25, 0.3) is 5.56 Å². The normalized spacial score (nSPS) is 16.1. The third kappa shape index (κ3) is 4.31. The number of ether oxygens (including phenoxy) is 1. The molecular formula is C26H25FN6O4. The van der Waals surface area contributed by atoms with E-state index in [0.717, 1.165) is 29.7 Å². The summed E-state index contributed by atoms with van der Waals surface area (Å²) in [5.74, 6) is 0.405. The van der Waals surface area contributed by atoms with Crippen LogP contribution in [0.25, 0.3) is 22.2 Å². The average Bonchev–Trinajstić information content (AvgIpc) is 3.37. The zero-order chi connectivity index (χ0) is 25.5. The molecule has 11 heteroatoms. The van der Waals surface area contributed by atoms with Crippen molar-refractivity contribution in [2.45, 2.75) is 31.7 Å². The lowest BCUT2D eigenvalue weighted by Crippen LogP contribution is -2.35. The quantitative estimate of drug-likeness (QED) is 0.328. The maximum atomic E-state index is 15.3. The highest BCUT2D eigenvalue weighted by molar-refractivity contribution is 5.94. The molecule has 1 aromatic carbocycles. The van der Waals surface area contributed by atoms with Crippen LogP contribution in [0.15, 0.2) is 41.3 Å². The summed E-state index contributed by atoms with van der Waals surface area (Å²) in [6, 6.07) is 8.20. The summed E-state index contributed by atoms with van der Waals surface area (Å²) in [5.41, 5.74) is 3.66. The van der Waals surface area contributed by atoms with Gasteiger partial charge in [0.2, 0.25) is 0 Å². The van der Waals surface area contributed by atoms with Crippen LogP contribution < -0.4 is 10.9 Å². The van der Waals surface area contributed by atoms with Crippen LogP contribution in [0.3, 0.4) is 0 Å². The average molecular weight is 505 g/mol. The van der Waals surface area contributed by atoms with Crippen LogP contribution in [0.2, 0.25) is 0 Å². The van der Waals surface area contributed by atoms with E-state index in [9.17, 15) is 14.7 Å². The summed E-state index contributed by atoms with van der Waals surface area (Å²) in [6.45, 7) is 1.85. The van der Waals surface area contributed by atoms with Gasteiger partial charge in [0.1, 0.15) is 5.82 Å². The Labute approximate surface area is 210 Å². The number of hydrogen-bond donors (Lipinski definition) is 4.